The molecule has 0 atom stereocenters. The van der Waals surface area contributed by atoms with Crippen molar-refractivity contribution >= 4 is 11.4 Å². The van der Waals surface area contributed by atoms with E-state index in [1.54, 1.807) is 13.0 Å². The number of allylic oxidation sites excluding steroid dienone is 2. The number of hydrogen-bond donors (Lipinski definition) is 0. The average molecular weight is 268 g/mol. The number of ketones is 1. The zero-order chi connectivity index (χ0) is 14.0. The van der Waals surface area contributed by atoms with E-state index in [1.807, 2.05) is 0 Å². The first-order valence-electron chi connectivity index (χ1n) is 6.29. The van der Waals surface area contributed by atoms with Crippen LogP contribution in [0.15, 0.2) is 24.3 Å². The fourth-order valence-corrected chi connectivity index (χ4v) is 2.37. The molecule has 1 aliphatic carbocycles. The molecule has 0 fully saturated rings. The van der Waals surface area contributed by atoms with Gasteiger partial charge < -0.3 is 0 Å². The van der Waals surface area contributed by atoms with E-state index < -0.39 is 11.7 Å². The highest BCUT2D eigenvalue weighted by molar-refractivity contribution is 5.97. The zero-order valence-electron chi connectivity index (χ0n) is 10.7. The van der Waals surface area contributed by atoms with E-state index in [1.165, 1.54) is 6.07 Å². The number of carbonyl (C=O) groups excluding carboxylic acids is 1. The maximum Gasteiger partial charge on any atom is 0.416 e. The molecule has 1 aromatic rings. The molecular formula is C15H15F3O. The Bertz CT molecular complexity index is 527. The Morgan fingerprint density at radius 2 is 1.79 bits per heavy atom. The second-order valence-corrected chi connectivity index (χ2v) is 4.87. The Hall–Kier alpha value is -1.58. The molecule has 1 aromatic carbocycles. The largest absolute Gasteiger partial charge is 0.416 e. The maximum absolute atomic E-state index is 12.6. The van der Waals surface area contributed by atoms with Gasteiger partial charge >= 0.3 is 6.18 Å². The summed E-state index contributed by atoms with van der Waals surface area (Å²) in [6, 6.07) is 3.70. The number of aryl methyl sites for hydroxylation is 1. The molecule has 0 aliphatic heterocycles. The van der Waals surface area contributed by atoms with Crippen molar-refractivity contribution in [1.82, 2.24) is 0 Å². The molecule has 0 saturated carbocycles. The minimum absolute atomic E-state index is 0.0618. The van der Waals surface area contributed by atoms with Crippen LogP contribution in [-0.2, 0) is 11.0 Å². The summed E-state index contributed by atoms with van der Waals surface area (Å²) in [6.45, 7) is 1.65. The summed E-state index contributed by atoms with van der Waals surface area (Å²) < 4.78 is 37.8. The lowest BCUT2D eigenvalue weighted by Gasteiger charge is -2.13. The Kier molecular flexibility index (Phi) is 3.78. The van der Waals surface area contributed by atoms with Crippen LogP contribution >= 0.6 is 0 Å². The van der Waals surface area contributed by atoms with E-state index in [9.17, 15) is 18.0 Å². The summed E-state index contributed by atoms with van der Waals surface area (Å²) in [5, 5.41) is 0. The van der Waals surface area contributed by atoms with Crippen molar-refractivity contribution in [3.05, 3.63) is 41.0 Å². The minimum atomic E-state index is -4.32. The van der Waals surface area contributed by atoms with Crippen molar-refractivity contribution in [3.8, 4) is 0 Å². The first-order valence-corrected chi connectivity index (χ1v) is 6.29. The molecule has 0 unspecified atom stereocenters. The molecule has 0 spiro atoms. The summed E-state index contributed by atoms with van der Waals surface area (Å²) in [5.74, 6) is 0.0618. The molecule has 0 aromatic heterocycles. The molecule has 0 radical (unpaired) electrons. The Labute approximate surface area is 110 Å². The molecule has 0 amide bonds. The van der Waals surface area contributed by atoms with Crippen LogP contribution in [0.3, 0.4) is 0 Å². The van der Waals surface area contributed by atoms with E-state index in [-0.39, 0.29) is 5.78 Å². The van der Waals surface area contributed by atoms with Crippen LogP contribution in [0.4, 0.5) is 13.2 Å². The van der Waals surface area contributed by atoms with Gasteiger partial charge in [-0.3, -0.25) is 4.79 Å². The van der Waals surface area contributed by atoms with Crippen LogP contribution in [0, 0.1) is 6.92 Å². The lowest BCUT2D eigenvalue weighted by Crippen LogP contribution is -2.05. The third-order valence-corrected chi connectivity index (χ3v) is 3.35. The summed E-state index contributed by atoms with van der Waals surface area (Å²) >= 11 is 0. The summed E-state index contributed by atoms with van der Waals surface area (Å²) in [4.78, 5) is 11.5. The Morgan fingerprint density at radius 1 is 1.11 bits per heavy atom. The molecule has 0 N–H and O–H groups in total. The molecule has 1 aliphatic rings. The van der Waals surface area contributed by atoms with Crippen molar-refractivity contribution in [2.45, 2.75) is 38.8 Å². The van der Waals surface area contributed by atoms with Crippen LogP contribution in [0.2, 0.25) is 0 Å². The third-order valence-electron chi connectivity index (χ3n) is 3.35. The van der Waals surface area contributed by atoms with Gasteiger partial charge in [0.1, 0.15) is 0 Å². The standard InChI is InChI=1S/C15H15F3O/c1-10-8-12(15(16,17)18)6-7-14(10)11-4-2-3-5-13(19)9-11/h6-9H,2-5H2,1H3. The van der Waals surface area contributed by atoms with Crippen LogP contribution in [0.5, 0.6) is 0 Å². The third kappa shape index (κ3) is 3.25. The van der Waals surface area contributed by atoms with E-state index in [0.717, 1.165) is 42.5 Å². The SMILES string of the molecule is Cc1cc(C(F)(F)F)ccc1C1=CC(=O)CCCC1. The van der Waals surface area contributed by atoms with Crippen molar-refractivity contribution in [2.75, 3.05) is 0 Å². The monoisotopic (exact) mass is 268 g/mol. The Morgan fingerprint density at radius 3 is 2.42 bits per heavy atom. The van der Waals surface area contributed by atoms with E-state index in [0.29, 0.717) is 12.0 Å². The summed E-state index contributed by atoms with van der Waals surface area (Å²) in [5.41, 5.74) is 1.53. The smallest absolute Gasteiger partial charge is 0.295 e. The van der Waals surface area contributed by atoms with Crippen LogP contribution < -0.4 is 0 Å². The second kappa shape index (κ2) is 5.19. The first kappa shape index (κ1) is 13.8. The molecule has 102 valence electrons. The van der Waals surface area contributed by atoms with Gasteiger partial charge in [0.15, 0.2) is 5.78 Å². The number of hydrogen-bond acceptors (Lipinski definition) is 1. The molecule has 0 bridgehead atoms. The van der Waals surface area contributed by atoms with Gasteiger partial charge in [0.05, 0.1) is 5.56 Å². The first-order chi connectivity index (χ1) is 8.88. The topological polar surface area (TPSA) is 17.1 Å². The molecule has 19 heavy (non-hydrogen) atoms. The molecule has 1 nitrogen and oxygen atoms in total. The van der Waals surface area contributed by atoms with Crippen molar-refractivity contribution in [3.63, 3.8) is 0 Å². The molecule has 0 saturated heterocycles. The summed E-state index contributed by atoms with van der Waals surface area (Å²) in [6.07, 6.45) is 0.289. The van der Waals surface area contributed by atoms with Gasteiger partial charge in [0.2, 0.25) is 0 Å². The highest BCUT2D eigenvalue weighted by Crippen LogP contribution is 2.33. The lowest BCUT2D eigenvalue weighted by molar-refractivity contribution is -0.137. The number of carbonyl (C=O) groups is 1. The van der Waals surface area contributed by atoms with Gasteiger partial charge in [-0.15, -0.1) is 0 Å². The van der Waals surface area contributed by atoms with Gasteiger partial charge in [-0.25, -0.2) is 0 Å². The van der Waals surface area contributed by atoms with Gasteiger partial charge in [-0.1, -0.05) is 6.07 Å². The van der Waals surface area contributed by atoms with Crippen LogP contribution in [-0.4, -0.2) is 5.78 Å². The van der Waals surface area contributed by atoms with Gasteiger partial charge in [-0.2, -0.15) is 13.2 Å². The number of alkyl halides is 3. The predicted octanol–water partition coefficient (Wildman–Crippen LogP) is 4.54. The van der Waals surface area contributed by atoms with E-state index in [4.69, 9.17) is 0 Å². The van der Waals surface area contributed by atoms with Gasteiger partial charge in [-0.05, 0) is 61.1 Å². The van der Waals surface area contributed by atoms with Crippen molar-refractivity contribution < 1.29 is 18.0 Å². The van der Waals surface area contributed by atoms with Gasteiger partial charge in [0.25, 0.3) is 0 Å². The normalized spacial score (nSPS) is 17.1. The highest BCUT2D eigenvalue weighted by Gasteiger charge is 2.30. The van der Waals surface area contributed by atoms with E-state index in [2.05, 4.69) is 0 Å². The highest BCUT2D eigenvalue weighted by atomic mass is 19.4. The molecule has 2 rings (SSSR count). The lowest BCUT2D eigenvalue weighted by atomic mass is 9.95. The van der Waals surface area contributed by atoms with Gasteiger partial charge in [0, 0.05) is 6.42 Å². The minimum Gasteiger partial charge on any atom is -0.295 e. The quantitative estimate of drug-likeness (QED) is 0.730. The van der Waals surface area contributed by atoms with Crippen LogP contribution in [0.1, 0.15) is 42.4 Å². The number of rotatable bonds is 1. The van der Waals surface area contributed by atoms with Crippen LogP contribution in [0.25, 0.3) is 5.57 Å². The molecule has 4 heteroatoms. The number of benzene rings is 1. The maximum atomic E-state index is 12.6. The predicted molar refractivity (Wildman–Crippen MR) is 67.6 cm³/mol. The van der Waals surface area contributed by atoms with E-state index >= 15 is 0 Å². The van der Waals surface area contributed by atoms with Crippen molar-refractivity contribution in [2.24, 2.45) is 0 Å². The fourth-order valence-electron chi connectivity index (χ4n) is 2.37. The second-order valence-electron chi connectivity index (χ2n) is 4.87. The average Bonchev–Trinajstić information content (AvgIpc) is 2.52. The zero-order valence-corrected chi connectivity index (χ0v) is 10.7. The number of halogens is 3. The molecule has 0 heterocycles. The van der Waals surface area contributed by atoms with Crippen molar-refractivity contribution in [1.29, 1.82) is 0 Å². The summed E-state index contributed by atoms with van der Waals surface area (Å²) in [7, 11) is 0. The Balaban J connectivity index is 2.38. The molecular weight excluding hydrogens is 253 g/mol. The fraction of sp³-hybridized carbons (Fsp3) is 0.400.